The van der Waals surface area contributed by atoms with Crippen LogP contribution in [0.1, 0.15) is 43.4 Å². The second-order valence-corrected chi connectivity index (χ2v) is 5.60. The highest BCUT2D eigenvalue weighted by atomic mass is 16.5. The molecule has 2 unspecified atom stereocenters. The number of hydrogen-bond acceptors (Lipinski definition) is 3. The lowest BCUT2D eigenvalue weighted by Crippen LogP contribution is -2.22. The summed E-state index contributed by atoms with van der Waals surface area (Å²) in [7, 11) is 0. The van der Waals surface area contributed by atoms with E-state index in [-0.39, 0.29) is 0 Å². The van der Waals surface area contributed by atoms with Crippen LogP contribution in [0.2, 0.25) is 0 Å². The van der Waals surface area contributed by atoms with E-state index in [4.69, 9.17) is 9.47 Å². The van der Waals surface area contributed by atoms with Crippen molar-refractivity contribution in [3.8, 4) is 0 Å². The molecule has 1 aromatic rings. The van der Waals surface area contributed by atoms with Crippen LogP contribution in [0, 0.1) is 6.92 Å². The fraction of sp³-hybridized carbons (Fsp3) is 0.647. The molecular formula is C17H27NO2. The molecule has 2 atom stereocenters. The minimum Gasteiger partial charge on any atom is -0.379 e. The van der Waals surface area contributed by atoms with Crippen molar-refractivity contribution in [1.82, 2.24) is 5.32 Å². The Kier molecular flexibility index (Phi) is 6.51. The Morgan fingerprint density at radius 2 is 2.25 bits per heavy atom. The molecule has 1 fully saturated rings. The molecule has 1 saturated heterocycles. The number of hydrogen-bond donors (Lipinski definition) is 1. The van der Waals surface area contributed by atoms with Crippen molar-refractivity contribution in [2.75, 3.05) is 26.4 Å². The lowest BCUT2D eigenvalue weighted by Gasteiger charge is -2.16. The number of aryl methyl sites for hydroxylation is 1. The fourth-order valence-electron chi connectivity index (χ4n) is 2.67. The zero-order valence-corrected chi connectivity index (χ0v) is 12.7. The summed E-state index contributed by atoms with van der Waals surface area (Å²) in [4.78, 5) is 0. The van der Waals surface area contributed by atoms with E-state index in [1.165, 1.54) is 17.5 Å². The van der Waals surface area contributed by atoms with Gasteiger partial charge in [0.25, 0.3) is 0 Å². The molecule has 112 valence electrons. The largest absolute Gasteiger partial charge is 0.379 e. The first-order chi connectivity index (χ1) is 9.77. The van der Waals surface area contributed by atoms with E-state index in [0.717, 1.165) is 39.2 Å². The van der Waals surface area contributed by atoms with Gasteiger partial charge in [-0.25, -0.2) is 0 Å². The van der Waals surface area contributed by atoms with E-state index in [2.05, 4.69) is 43.4 Å². The maximum Gasteiger partial charge on any atom is 0.0809 e. The van der Waals surface area contributed by atoms with Crippen molar-refractivity contribution < 1.29 is 9.47 Å². The lowest BCUT2D eigenvalue weighted by atomic mass is 10.0. The maximum atomic E-state index is 5.66. The zero-order chi connectivity index (χ0) is 14.2. The van der Waals surface area contributed by atoms with Crippen LogP contribution in [0.3, 0.4) is 0 Å². The molecule has 0 aliphatic carbocycles. The van der Waals surface area contributed by atoms with Crippen LogP contribution < -0.4 is 5.32 Å². The normalized spacial score (nSPS) is 20.2. The summed E-state index contributed by atoms with van der Waals surface area (Å²) in [6, 6.07) is 8.95. The van der Waals surface area contributed by atoms with Crippen LogP contribution in [0.5, 0.6) is 0 Å². The van der Waals surface area contributed by atoms with Gasteiger partial charge in [0.15, 0.2) is 0 Å². The second kappa shape index (κ2) is 8.40. The topological polar surface area (TPSA) is 30.5 Å². The molecule has 1 aliphatic rings. The zero-order valence-electron chi connectivity index (χ0n) is 12.7. The van der Waals surface area contributed by atoms with E-state index < -0.39 is 0 Å². The van der Waals surface area contributed by atoms with Crippen LogP contribution in [0.25, 0.3) is 0 Å². The molecule has 20 heavy (non-hydrogen) atoms. The first kappa shape index (κ1) is 15.5. The third-order valence-electron chi connectivity index (χ3n) is 3.90. The Balaban J connectivity index is 1.55. The average Bonchev–Trinajstić information content (AvgIpc) is 2.96. The van der Waals surface area contributed by atoms with Gasteiger partial charge < -0.3 is 14.8 Å². The molecule has 0 amide bonds. The van der Waals surface area contributed by atoms with Gasteiger partial charge in [-0.3, -0.25) is 0 Å². The summed E-state index contributed by atoms with van der Waals surface area (Å²) in [6.07, 6.45) is 3.73. The highest BCUT2D eigenvalue weighted by Gasteiger charge is 2.14. The molecule has 0 aromatic heterocycles. The van der Waals surface area contributed by atoms with Gasteiger partial charge in [0.05, 0.1) is 12.7 Å². The Morgan fingerprint density at radius 1 is 1.40 bits per heavy atom. The van der Waals surface area contributed by atoms with Crippen molar-refractivity contribution >= 4 is 0 Å². The highest BCUT2D eigenvalue weighted by molar-refractivity contribution is 5.28. The van der Waals surface area contributed by atoms with Gasteiger partial charge in [0, 0.05) is 19.3 Å². The van der Waals surface area contributed by atoms with Crippen molar-refractivity contribution in [3.63, 3.8) is 0 Å². The third kappa shape index (κ3) is 4.89. The number of benzene rings is 1. The van der Waals surface area contributed by atoms with E-state index in [9.17, 15) is 0 Å². The number of rotatable bonds is 8. The molecule has 1 aliphatic heterocycles. The monoisotopic (exact) mass is 277 g/mol. The Labute approximate surface area is 122 Å². The minimum absolute atomic E-state index is 0.342. The van der Waals surface area contributed by atoms with Crippen LogP contribution in [-0.2, 0) is 9.47 Å². The van der Waals surface area contributed by atoms with Crippen LogP contribution in [0.15, 0.2) is 24.3 Å². The second-order valence-electron chi connectivity index (χ2n) is 5.60. The molecule has 0 radical (unpaired) electrons. The first-order valence-corrected chi connectivity index (χ1v) is 7.75. The van der Waals surface area contributed by atoms with E-state index in [1.807, 2.05) is 0 Å². The SMILES string of the molecule is Cc1ccccc1C(C)NCCCOCC1CCCO1. The molecule has 1 heterocycles. The van der Waals surface area contributed by atoms with Gasteiger partial charge in [-0.15, -0.1) is 0 Å². The predicted molar refractivity (Wildman–Crippen MR) is 82.0 cm³/mol. The van der Waals surface area contributed by atoms with Crippen LogP contribution in [0.4, 0.5) is 0 Å². The summed E-state index contributed by atoms with van der Waals surface area (Å²) >= 11 is 0. The van der Waals surface area contributed by atoms with E-state index >= 15 is 0 Å². The summed E-state index contributed by atoms with van der Waals surface area (Å²) < 4.78 is 11.2. The molecule has 2 rings (SSSR count). The molecule has 3 nitrogen and oxygen atoms in total. The van der Waals surface area contributed by atoms with E-state index in [1.54, 1.807) is 0 Å². The Morgan fingerprint density at radius 3 is 3.00 bits per heavy atom. The molecule has 1 aromatic carbocycles. The molecule has 3 heteroatoms. The standard InChI is InChI=1S/C17H27NO2/c1-14-7-3-4-9-17(14)15(2)18-10-6-11-19-13-16-8-5-12-20-16/h3-4,7,9,15-16,18H,5-6,8,10-13H2,1-2H3. The predicted octanol–water partition coefficient (Wildman–Crippen LogP) is 3.23. The lowest BCUT2D eigenvalue weighted by molar-refractivity contribution is 0.0165. The summed E-state index contributed by atoms with van der Waals surface area (Å²) in [6.45, 7) is 7.85. The van der Waals surface area contributed by atoms with Gasteiger partial charge in [0.2, 0.25) is 0 Å². The quantitative estimate of drug-likeness (QED) is 0.740. The highest BCUT2D eigenvalue weighted by Crippen LogP contribution is 2.16. The van der Waals surface area contributed by atoms with Gasteiger partial charge in [0.1, 0.15) is 0 Å². The maximum absolute atomic E-state index is 5.66. The molecule has 0 saturated carbocycles. The Hall–Kier alpha value is -0.900. The van der Waals surface area contributed by atoms with Gasteiger partial charge in [-0.2, -0.15) is 0 Å². The molecular weight excluding hydrogens is 250 g/mol. The van der Waals surface area contributed by atoms with E-state index in [0.29, 0.717) is 12.1 Å². The number of ether oxygens (including phenoxy) is 2. The van der Waals surface area contributed by atoms with Gasteiger partial charge in [-0.05, 0) is 50.8 Å². The first-order valence-electron chi connectivity index (χ1n) is 7.75. The molecule has 0 bridgehead atoms. The summed E-state index contributed by atoms with van der Waals surface area (Å²) in [5.41, 5.74) is 2.73. The number of nitrogens with one attached hydrogen (secondary N) is 1. The van der Waals surface area contributed by atoms with Crippen LogP contribution >= 0.6 is 0 Å². The van der Waals surface area contributed by atoms with Gasteiger partial charge in [-0.1, -0.05) is 24.3 Å². The fourth-order valence-corrected chi connectivity index (χ4v) is 2.67. The third-order valence-corrected chi connectivity index (χ3v) is 3.90. The summed E-state index contributed by atoms with van der Waals surface area (Å²) in [5, 5.41) is 3.56. The van der Waals surface area contributed by atoms with Crippen molar-refractivity contribution in [2.45, 2.75) is 45.3 Å². The smallest absolute Gasteiger partial charge is 0.0809 e. The average molecular weight is 277 g/mol. The van der Waals surface area contributed by atoms with Crippen molar-refractivity contribution in [1.29, 1.82) is 0 Å². The van der Waals surface area contributed by atoms with Gasteiger partial charge >= 0.3 is 0 Å². The van der Waals surface area contributed by atoms with Crippen molar-refractivity contribution in [3.05, 3.63) is 35.4 Å². The van der Waals surface area contributed by atoms with Crippen molar-refractivity contribution in [2.24, 2.45) is 0 Å². The molecule has 1 N–H and O–H groups in total. The Bertz CT molecular complexity index is 388. The summed E-state index contributed by atoms with van der Waals surface area (Å²) in [5.74, 6) is 0. The van der Waals surface area contributed by atoms with Crippen LogP contribution in [-0.4, -0.2) is 32.5 Å². The minimum atomic E-state index is 0.342. The molecule has 0 spiro atoms.